The Morgan fingerprint density at radius 3 is 2.80 bits per heavy atom. The van der Waals surface area contributed by atoms with Crippen molar-refractivity contribution < 1.29 is 14.5 Å². The molecule has 1 fully saturated rings. The Bertz CT molecular complexity index is 576. The van der Waals surface area contributed by atoms with E-state index in [1.807, 2.05) is 0 Å². The maximum Gasteiger partial charge on any atom is 0.271 e. The molecule has 1 saturated heterocycles. The Hall–Kier alpha value is -1.96. The minimum atomic E-state index is -0.547. The summed E-state index contributed by atoms with van der Waals surface area (Å²) < 4.78 is 0.471. The summed E-state index contributed by atoms with van der Waals surface area (Å²) in [5.74, 6) is -0.411. The van der Waals surface area contributed by atoms with E-state index in [2.05, 4.69) is 21.2 Å². The maximum absolute atomic E-state index is 12.3. The molecule has 0 saturated carbocycles. The van der Waals surface area contributed by atoms with Crippen LogP contribution in [0, 0.1) is 10.1 Å². The van der Waals surface area contributed by atoms with Crippen LogP contribution in [0.5, 0.6) is 0 Å². The second-order valence-electron chi connectivity index (χ2n) is 4.35. The third kappa shape index (κ3) is 3.32. The molecule has 0 spiro atoms. The molecule has 1 aliphatic heterocycles. The monoisotopic (exact) mass is 341 g/mol. The number of nitrogens with zero attached hydrogens (tertiary/aromatic N) is 2. The molecule has 1 heterocycles. The molecule has 106 valence electrons. The Morgan fingerprint density at radius 2 is 2.10 bits per heavy atom. The molecule has 1 N–H and O–H groups in total. The number of amides is 2. The standard InChI is InChI=1S/C12H12BrN3O4/c13-9-5-8(6-10(7-9)16(19)20)12(18)15-3-1-11(17)14-2-4-15/h5-7H,1-4H2,(H,14,17). The third-order valence-corrected chi connectivity index (χ3v) is 3.40. The molecule has 0 aromatic heterocycles. The molecule has 0 aliphatic carbocycles. The van der Waals surface area contributed by atoms with E-state index in [4.69, 9.17) is 0 Å². The van der Waals surface area contributed by atoms with Crippen LogP contribution in [0.1, 0.15) is 16.8 Å². The Kier molecular flexibility index (Phi) is 4.33. The fraction of sp³-hybridized carbons (Fsp3) is 0.333. The van der Waals surface area contributed by atoms with Gasteiger partial charge in [0.25, 0.3) is 11.6 Å². The van der Waals surface area contributed by atoms with E-state index in [9.17, 15) is 19.7 Å². The second-order valence-corrected chi connectivity index (χ2v) is 5.26. The minimum absolute atomic E-state index is 0.0967. The van der Waals surface area contributed by atoms with E-state index in [1.54, 1.807) is 0 Å². The van der Waals surface area contributed by atoms with E-state index in [-0.39, 0.29) is 29.5 Å². The van der Waals surface area contributed by atoms with Gasteiger partial charge in [-0.15, -0.1) is 0 Å². The zero-order valence-corrected chi connectivity index (χ0v) is 12.1. The molecule has 20 heavy (non-hydrogen) atoms. The summed E-state index contributed by atoms with van der Waals surface area (Å²) in [6.07, 6.45) is 0.238. The van der Waals surface area contributed by atoms with Gasteiger partial charge in [-0.1, -0.05) is 15.9 Å². The van der Waals surface area contributed by atoms with Gasteiger partial charge in [0.15, 0.2) is 0 Å². The lowest BCUT2D eigenvalue weighted by atomic mass is 10.1. The SMILES string of the molecule is O=C1CCN(C(=O)c2cc(Br)cc([N+](=O)[O-])c2)CCN1. The summed E-state index contributed by atoms with van der Waals surface area (Å²) in [4.78, 5) is 35.3. The van der Waals surface area contributed by atoms with Crippen LogP contribution in [-0.4, -0.2) is 41.3 Å². The van der Waals surface area contributed by atoms with Gasteiger partial charge in [-0.05, 0) is 6.07 Å². The quantitative estimate of drug-likeness (QED) is 0.648. The van der Waals surface area contributed by atoms with Gasteiger partial charge in [0, 0.05) is 48.2 Å². The molecule has 0 radical (unpaired) electrons. The van der Waals surface area contributed by atoms with Gasteiger partial charge in [0.2, 0.25) is 5.91 Å². The molecule has 1 aromatic rings. The molecule has 1 aliphatic rings. The zero-order valence-electron chi connectivity index (χ0n) is 10.5. The highest BCUT2D eigenvalue weighted by Crippen LogP contribution is 2.22. The van der Waals surface area contributed by atoms with Crippen molar-refractivity contribution in [2.75, 3.05) is 19.6 Å². The smallest absolute Gasteiger partial charge is 0.271 e. The highest BCUT2D eigenvalue weighted by Gasteiger charge is 2.21. The molecule has 1 aromatic carbocycles. The van der Waals surface area contributed by atoms with Gasteiger partial charge in [-0.2, -0.15) is 0 Å². The van der Waals surface area contributed by atoms with Crippen molar-refractivity contribution >= 4 is 33.4 Å². The summed E-state index contributed by atoms with van der Waals surface area (Å²) >= 11 is 3.16. The van der Waals surface area contributed by atoms with Crippen LogP contribution >= 0.6 is 15.9 Å². The van der Waals surface area contributed by atoms with Crippen molar-refractivity contribution in [2.45, 2.75) is 6.42 Å². The van der Waals surface area contributed by atoms with Crippen LogP contribution in [0.4, 0.5) is 5.69 Å². The third-order valence-electron chi connectivity index (χ3n) is 2.94. The van der Waals surface area contributed by atoms with E-state index in [0.29, 0.717) is 24.1 Å². The predicted molar refractivity (Wildman–Crippen MR) is 74.3 cm³/mol. The normalized spacial score (nSPS) is 15.4. The van der Waals surface area contributed by atoms with Crippen LogP contribution in [0.15, 0.2) is 22.7 Å². The van der Waals surface area contributed by atoms with Crippen molar-refractivity contribution in [3.63, 3.8) is 0 Å². The molecule has 8 heteroatoms. The Balaban J connectivity index is 2.24. The molecule has 2 rings (SSSR count). The number of hydrogen-bond donors (Lipinski definition) is 1. The van der Waals surface area contributed by atoms with Gasteiger partial charge in [-0.3, -0.25) is 19.7 Å². The molecule has 0 atom stereocenters. The van der Waals surface area contributed by atoms with Crippen molar-refractivity contribution in [1.82, 2.24) is 10.2 Å². The lowest BCUT2D eigenvalue weighted by molar-refractivity contribution is -0.385. The fourth-order valence-corrected chi connectivity index (χ4v) is 2.44. The number of hydrogen-bond acceptors (Lipinski definition) is 4. The average molecular weight is 342 g/mol. The first-order chi connectivity index (χ1) is 9.47. The summed E-state index contributed by atoms with van der Waals surface area (Å²) in [7, 11) is 0. The predicted octanol–water partition coefficient (Wildman–Crippen LogP) is 1.32. The number of carbonyl (C=O) groups excluding carboxylic acids is 2. The number of halogens is 1. The zero-order chi connectivity index (χ0) is 14.7. The lowest BCUT2D eigenvalue weighted by Crippen LogP contribution is -2.34. The number of non-ortho nitro benzene ring substituents is 1. The maximum atomic E-state index is 12.3. The number of carbonyl (C=O) groups is 2. The molecule has 0 bridgehead atoms. The van der Waals surface area contributed by atoms with E-state index < -0.39 is 4.92 Å². The molecule has 7 nitrogen and oxygen atoms in total. The van der Waals surface area contributed by atoms with E-state index in [1.165, 1.54) is 23.1 Å². The summed E-state index contributed by atoms with van der Waals surface area (Å²) in [5, 5.41) is 13.5. The van der Waals surface area contributed by atoms with Crippen LogP contribution < -0.4 is 5.32 Å². The van der Waals surface area contributed by atoms with Crippen LogP contribution in [-0.2, 0) is 4.79 Å². The van der Waals surface area contributed by atoms with Crippen molar-refractivity contribution in [3.8, 4) is 0 Å². The fourth-order valence-electron chi connectivity index (χ4n) is 1.96. The second kappa shape index (κ2) is 6.00. The Labute approximate surface area is 123 Å². The van der Waals surface area contributed by atoms with Gasteiger partial charge < -0.3 is 10.2 Å². The minimum Gasteiger partial charge on any atom is -0.354 e. The number of nitro groups is 1. The number of nitrogens with one attached hydrogen (secondary N) is 1. The van der Waals surface area contributed by atoms with Crippen molar-refractivity contribution in [2.24, 2.45) is 0 Å². The molecule has 2 amide bonds. The lowest BCUT2D eigenvalue weighted by Gasteiger charge is -2.19. The van der Waals surface area contributed by atoms with Gasteiger partial charge in [-0.25, -0.2) is 0 Å². The van der Waals surface area contributed by atoms with Gasteiger partial charge in [0.05, 0.1) is 4.92 Å². The van der Waals surface area contributed by atoms with Crippen LogP contribution in [0.2, 0.25) is 0 Å². The number of nitro benzene ring substituents is 1. The average Bonchev–Trinajstić information content (AvgIpc) is 2.62. The van der Waals surface area contributed by atoms with E-state index >= 15 is 0 Å². The first kappa shape index (κ1) is 14.4. The Morgan fingerprint density at radius 1 is 1.35 bits per heavy atom. The summed E-state index contributed by atoms with van der Waals surface area (Å²) in [6.45, 7) is 1.09. The highest BCUT2D eigenvalue weighted by molar-refractivity contribution is 9.10. The summed E-state index contributed by atoms with van der Waals surface area (Å²) in [6, 6.07) is 4.12. The van der Waals surface area contributed by atoms with Crippen molar-refractivity contribution in [1.29, 1.82) is 0 Å². The summed E-state index contributed by atoms with van der Waals surface area (Å²) in [5.41, 5.74) is 0.0900. The van der Waals surface area contributed by atoms with Crippen molar-refractivity contribution in [3.05, 3.63) is 38.3 Å². The van der Waals surface area contributed by atoms with Gasteiger partial charge >= 0.3 is 0 Å². The number of benzene rings is 1. The number of rotatable bonds is 2. The molecular weight excluding hydrogens is 330 g/mol. The molecule has 0 unspecified atom stereocenters. The molecular formula is C12H12BrN3O4. The highest BCUT2D eigenvalue weighted by atomic mass is 79.9. The van der Waals surface area contributed by atoms with Crippen LogP contribution in [0.25, 0.3) is 0 Å². The largest absolute Gasteiger partial charge is 0.354 e. The first-order valence-corrected chi connectivity index (χ1v) is 6.77. The van der Waals surface area contributed by atoms with Gasteiger partial charge in [0.1, 0.15) is 0 Å². The van der Waals surface area contributed by atoms with E-state index in [0.717, 1.165) is 0 Å². The topological polar surface area (TPSA) is 92.5 Å². The van der Waals surface area contributed by atoms with Crippen LogP contribution in [0.3, 0.4) is 0 Å². The first-order valence-electron chi connectivity index (χ1n) is 5.98.